The van der Waals surface area contributed by atoms with Crippen molar-refractivity contribution in [2.75, 3.05) is 11.9 Å². The fourth-order valence-corrected chi connectivity index (χ4v) is 5.51. The number of nitrogens with zero attached hydrogens (tertiary/aromatic N) is 5. The fraction of sp³-hybridized carbons (Fsp3) is 0.370. The Bertz CT molecular complexity index is 1580. The lowest BCUT2D eigenvalue weighted by Gasteiger charge is -2.32. The normalized spacial score (nSPS) is 23.9. The van der Waals surface area contributed by atoms with E-state index in [1.807, 2.05) is 19.9 Å². The minimum Gasteiger partial charge on any atom is -0.479 e. The van der Waals surface area contributed by atoms with Crippen LogP contribution in [0.5, 0.6) is 0 Å². The van der Waals surface area contributed by atoms with E-state index in [2.05, 4.69) is 31.3 Å². The van der Waals surface area contributed by atoms with Crippen molar-refractivity contribution in [1.82, 2.24) is 24.7 Å². The Balaban J connectivity index is 1.48. The van der Waals surface area contributed by atoms with Crippen LogP contribution >= 0.6 is 22.9 Å². The molecule has 0 saturated carbocycles. The molecule has 41 heavy (non-hydrogen) atoms. The van der Waals surface area contributed by atoms with Crippen LogP contribution in [-0.2, 0) is 26.3 Å². The lowest BCUT2D eigenvalue weighted by molar-refractivity contribution is -0.179. The van der Waals surface area contributed by atoms with Gasteiger partial charge in [0, 0.05) is 17.8 Å². The second-order valence-electron chi connectivity index (χ2n) is 9.88. The molecule has 4 heterocycles. The number of fused-ring (bicyclic) bond motifs is 1. The topological polar surface area (TPSA) is 165 Å². The zero-order valence-corrected chi connectivity index (χ0v) is 23.6. The molecule has 4 N–H and O–H groups in total. The summed E-state index contributed by atoms with van der Waals surface area (Å²) in [6.07, 6.45) is 2.74. The summed E-state index contributed by atoms with van der Waals surface area (Å²) < 4.78 is 13.4. The van der Waals surface area contributed by atoms with Gasteiger partial charge in [0.25, 0.3) is 0 Å². The number of thiazole rings is 1. The number of carbonyl (C=O) groups is 1. The number of aromatic nitrogens is 5. The summed E-state index contributed by atoms with van der Waals surface area (Å²) >= 11 is 7.38. The van der Waals surface area contributed by atoms with Crippen molar-refractivity contribution in [3.05, 3.63) is 64.0 Å². The number of benzene rings is 1. The number of aliphatic hydroxyl groups is 2. The van der Waals surface area contributed by atoms with Gasteiger partial charge in [0.2, 0.25) is 10.9 Å². The van der Waals surface area contributed by atoms with E-state index >= 15 is 0 Å². The molecule has 14 heteroatoms. The minimum atomic E-state index is -2.27. The molecule has 4 aromatic rings. The molecule has 0 amide bonds. The molecular formula is C27H27ClN6O6S. The predicted octanol–water partition coefficient (Wildman–Crippen LogP) is 2.62. The first-order chi connectivity index (χ1) is 19.6. The number of ether oxygens (including phenoxy) is 2. The molecule has 5 atom stereocenters. The molecule has 5 rings (SSSR count). The molecule has 1 aliphatic heterocycles. The van der Waals surface area contributed by atoms with Crippen LogP contribution in [0.25, 0.3) is 11.0 Å². The van der Waals surface area contributed by atoms with E-state index in [0.717, 1.165) is 0 Å². The Morgan fingerprint density at radius 3 is 2.76 bits per heavy atom. The second kappa shape index (κ2) is 11.3. The molecule has 1 saturated heterocycles. The smallest absolute Gasteiger partial charge is 0.342 e. The highest BCUT2D eigenvalue weighted by Crippen LogP contribution is 2.40. The van der Waals surface area contributed by atoms with Gasteiger partial charge in [-0.1, -0.05) is 36.3 Å². The van der Waals surface area contributed by atoms with Gasteiger partial charge in [-0.05, 0) is 31.0 Å². The summed E-state index contributed by atoms with van der Waals surface area (Å²) in [7, 11) is 0. The van der Waals surface area contributed by atoms with E-state index in [1.54, 1.807) is 29.6 Å². The molecule has 1 aromatic carbocycles. The van der Waals surface area contributed by atoms with Crippen molar-refractivity contribution in [3.8, 4) is 12.3 Å². The molecule has 3 aromatic heterocycles. The van der Waals surface area contributed by atoms with E-state index in [9.17, 15) is 20.1 Å². The number of hydrogen-bond donors (Lipinski definition) is 4. The SMILES string of the molecule is C#C[C@@]1(O)[C@@H](COC(Cc2ccccc2)(C(=O)O)c2cscn2)O[C@@H](n2ncc3c(NC(C)C)nc(Cl)nc32)[C@@H]1O. The van der Waals surface area contributed by atoms with E-state index < -0.39 is 42.2 Å². The summed E-state index contributed by atoms with van der Waals surface area (Å²) in [4.78, 5) is 25.4. The van der Waals surface area contributed by atoms with Crippen LogP contribution in [0.3, 0.4) is 0 Å². The van der Waals surface area contributed by atoms with Crippen LogP contribution in [0.1, 0.15) is 31.3 Å². The van der Waals surface area contributed by atoms with Gasteiger partial charge < -0.3 is 30.1 Å². The fourth-order valence-electron chi connectivity index (χ4n) is 4.73. The number of carboxylic acid groups (broad SMARTS) is 1. The predicted molar refractivity (Wildman–Crippen MR) is 150 cm³/mol. The first kappa shape index (κ1) is 28.9. The third-order valence-corrected chi connectivity index (χ3v) is 7.56. The highest BCUT2D eigenvalue weighted by Gasteiger charge is 2.57. The Hall–Kier alpha value is -3.64. The molecule has 1 unspecified atom stereocenters. The van der Waals surface area contributed by atoms with Gasteiger partial charge in [-0.15, -0.1) is 17.8 Å². The number of hydrogen-bond acceptors (Lipinski definition) is 11. The van der Waals surface area contributed by atoms with Crippen molar-refractivity contribution in [3.63, 3.8) is 0 Å². The van der Waals surface area contributed by atoms with E-state index in [4.69, 9.17) is 27.5 Å². The molecule has 0 spiro atoms. The van der Waals surface area contributed by atoms with Crippen LogP contribution < -0.4 is 5.32 Å². The summed E-state index contributed by atoms with van der Waals surface area (Å²) in [6, 6.07) is 8.96. The molecule has 214 valence electrons. The Kier molecular flexibility index (Phi) is 7.97. The summed E-state index contributed by atoms with van der Waals surface area (Å²) in [5.74, 6) is 1.34. The number of aliphatic carboxylic acids is 1. The van der Waals surface area contributed by atoms with E-state index in [-0.39, 0.29) is 29.1 Å². The molecule has 1 aliphatic rings. The van der Waals surface area contributed by atoms with Crippen molar-refractivity contribution in [1.29, 1.82) is 0 Å². The number of halogens is 1. The second-order valence-corrected chi connectivity index (χ2v) is 10.9. The van der Waals surface area contributed by atoms with E-state index in [1.165, 1.54) is 27.7 Å². The zero-order valence-electron chi connectivity index (χ0n) is 22.0. The van der Waals surface area contributed by atoms with Gasteiger partial charge >= 0.3 is 5.97 Å². The maximum atomic E-state index is 12.8. The van der Waals surface area contributed by atoms with Crippen LogP contribution in [0.2, 0.25) is 5.28 Å². The van der Waals surface area contributed by atoms with Crippen molar-refractivity contribution >= 4 is 45.8 Å². The van der Waals surface area contributed by atoms with Gasteiger partial charge in [-0.3, -0.25) is 0 Å². The number of aliphatic hydroxyl groups excluding tert-OH is 1. The summed E-state index contributed by atoms with van der Waals surface area (Å²) in [5.41, 5.74) is -1.61. The number of anilines is 1. The third kappa shape index (κ3) is 5.26. The quantitative estimate of drug-likeness (QED) is 0.157. The van der Waals surface area contributed by atoms with Crippen LogP contribution in [0.4, 0.5) is 5.82 Å². The van der Waals surface area contributed by atoms with Gasteiger partial charge in [0.15, 0.2) is 17.5 Å². The van der Waals surface area contributed by atoms with Crippen molar-refractivity contribution < 1.29 is 29.6 Å². The highest BCUT2D eigenvalue weighted by atomic mass is 35.5. The zero-order chi connectivity index (χ0) is 29.4. The molecule has 0 bridgehead atoms. The number of carboxylic acids is 1. The number of rotatable bonds is 10. The lowest BCUT2D eigenvalue weighted by Crippen LogP contribution is -2.50. The molecular weight excluding hydrogens is 572 g/mol. The standard InChI is InChI=1S/C27H27ClN6O6S/c1-4-26(38)19(12-39-27(24(36)37,18-13-41-14-29-18)10-16-8-6-5-7-9-16)40-23(20(26)35)34-22-17(11-30-34)21(31-15(2)3)32-25(28)33-22/h1,5-9,11,13-15,19-20,23,35,38H,10,12H2,2-3H3,(H,36,37)(H,31,32,33)/t19-,20+,23-,26-,27?/m1/s1. The van der Waals surface area contributed by atoms with Gasteiger partial charge in [-0.25, -0.2) is 14.5 Å². The first-order valence-corrected chi connectivity index (χ1v) is 13.9. The third-order valence-electron chi connectivity index (χ3n) is 6.81. The Morgan fingerprint density at radius 2 is 2.12 bits per heavy atom. The minimum absolute atomic E-state index is 0.0250. The molecule has 12 nitrogen and oxygen atoms in total. The average molecular weight is 599 g/mol. The maximum Gasteiger partial charge on any atom is 0.342 e. The summed E-state index contributed by atoms with van der Waals surface area (Å²) in [6.45, 7) is 3.35. The highest BCUT2D eigenvalue weighted by molar-refractivity contribution is 7.07. The van der Waals surface area contributed by atoms with Crippen LogP contribution in [-0.4, -0.2) is 76.5 Å². The van der Waals surface area contributed by atoms with Gasteiger partial charge in [0.1, 0.15) is 18.0 Å². The Labute approximate surface area is 243 Å². The largest absolute Gasteiger partial charge is 0.479 e. The molecule has 1 fully saturated rings. The monoisotopic (exact) mass is 598 g/mol. The van der Waals surface area contributed by atoms with Crippen molar-refractivity contribution in [2.24, 2.45) is 0 Å². The maximum absolute atomic E-state index is 12.8. The number of nitrogens with one attached hydrogen (secondary N) is 1. The molecule has 0 radical (unpaired) electrons. The average Bonchev–Trinajstić information content (AvgIpc) is 3.67. The Morgan fingerprint density at radius 1 is 1.37 bits per heavy atom. The number of terminal acetylenes is 1. The van der Waals surface area contributed by atoms with Crippen LogP contribution in [0.15, 0.2) is 47.4 Å². The lowest BCUT2D eigenvalue weighted by atomic mass is 9.90. The molecule has 0 aliphatic carbocycles. The van der Waals surface area contributed by atoms with Crippen LogP contribution in [0, 0.1) is 12.3 Å². The van der Waals surface area contributed by atoms with Gasteiger partial charge in [-0.2, -0.15) is 15.1 Å². The van der Waals surface area contributed by atoms with Gasteiger partial charge in [0.05, 0.1) is 29.4 Å². The van der Waals surface area contributed by atoms with Crippen molar-refractivity contribution in [2.45, 2.75) is 55.9 Å². The summed E-state index contributed by atoms with van der Waals surface area (Å²) in [5, 5.41) is 42.5. The van der Waals surface area contributed by atoms with E-state index in [0.29, 0.717) is 16.8 Å². The first-order valence-electron chi connectivity index (χ1n) is 12.6.